The molecule has 0 radical (unpaired) electrons. The molecule has 2 N–H and O–H groups in total. The summed E-state index contributed by atoms with van der Waals surface area (Å²) >= 11 is 0. The first kappa shape index (κ1) is 25.3. The van der Waals surface area contributed by atoms with Crippen molar-refractivity contribution in [3.8, 4) is 0 Å². The number of amides is 3. The van der Waals surface area contributed by atoms with Gasteiger partial charge in [0.1, 0.15) is 12.2 Å². The second-order valence-corrected chi connectivity index (χ2v) is 8.81. The van der Waals surface area contributed by atoms with Crippen LogP contribution in [0.25, 0.3) is 0 Å². The number of rotatable bonds is 6. The van der Waals surface area contributed by atoms with Crippen LogP contribution in [0.3, 0.4) is 0 Å². The zero-order valence-electron chi connectivity index (χ0n) is 20.2. The topological polar surface area (TPSA) is 97.0 Å². The van der Waals surface area contributed by atoms with Gasteiger partial charge in [-0.05, 0) is 68.8 Å². The van der Waals surface area contributed by atoms with Crippen LogP contribution < -0.4 is 15.5 Å². The summed E-state index contributed by atoms with van der Waals surface area (Å²) in [6.07, 6.45) is -1.16. The molecule has 3 aromatic carbocycles. The van der Waals surface area contributed by atoms with E-state index in [1.807, 2.05) is 30.3 Å². The molecule has 8 heteroatoms. The lowest BCUT2D eigenvalue weighted by Crippen LogP contribution is -2.27. The van der Waals surface area contributed by atoms with E-state index in [1.165, 1.54) is 4.90 Å². The summed E-state index contributed by atoms with van der Waals surface area (Å²) in [5.41, 5.74) is 2.31. The highest BCUT2D eigenvalue weighted by atomic mass is 16.6. The molecule has 8 nitrogen and oxygen atoms in total. The third kappa shape index (κ3) is 7.89. The molecule has 0 heterocycles. The van der Waals surface area contributed by atoms with Crippen LogP contribution in [0, 0.1) is 0 Å². The van der Waals surface area contributed by atoms with Gasteiger partial charge in [0, 0.05) is 29.7 Å². The van der Waals surface area contributed by atoms with Crippen LogP contribution in [-0.4, -0.2) is 30.7 Å². The van der Waals surface area contributed by atoms with Crippen molar-refractivity contribution < 1.29 is 23.9 Å². The van der Waals surface area contributed by atoms with Crippen molar-refractivity contribution in [2.24, 2.45) is 0 Å². The number of hydrogen-bond acceptors (Lipinski definition) is 5. The van der Waals surface area contributed by atoms with Gasteiger partial charge in [0.15, 0.2) is 0 Å². The summed E-state index contributed by atoms with van der Waals surface area (Å²) in [5, 5.41) is 5.31. The lowest BCUT2D eigenvalue weighted by Gasteiger charge is -2.20. The van der Waals surface area contributed by atoms with E-state index in [0.29, 0.717) is 22.6 Å². The Labute approximate surface area is 204 Å². The molecule has 3 aromatic rings. The van der Waals surface area contributed by atoms with Crippen LogP contribution in [0.1, 0.15) is 36.7 Å². The summed E-state index contributed by atoms with van der Waals surface area (Å²) in [6, 6.07) is 22.8. The molecule has 0 saturated heterocycles. The quantitative estimate of drug-likeness (QED) is 0.452. The third-order valence-corrected chi connectivity index (χ3v) is 4.77. The minimum atomic E-state index is -0.606. The molecule has 0 aliphatic heterocycles. The minimum absolute atomic E-state index is 0.156. The molecule has 0 saturated carbocycles. The van der Waals surface area contributed by atoms with Crippen LogP contribution in [0.4, 0.5) is 26.7 Å². The lowest BCUT2D eigenvalue weighted by molar-refractivity contribution is 0.0635. The molecule has 35 heavy (non-hydrogen) atoms. The van der Waals surface area contributed by atoms with Crippen molar-refractivity contribution in [3.05, 3.63) is 90.0 Å². The molecule has 0 unspecified atom stereocenters. The van der Waals surface area contributed by atoms with Gasteiger partial charge in [0.25, 0.3) is 5.91 Å². The van der Waals surface area contributed by atoms with Gasteiger partial charge in [0.2, 0.25) is 0 Å². The first-order chi connectivity index (χ1) is 16.6. The average molecular weight is 476 g/mol. The van der Waals surface area contributed by atoms with E-state index in [2.05, 4.69) is 10.6 Å². The van der Waals surface area contributed by atoms with Crippen LogP contribution in [0.15, 0.2) is 78.9 Å². The van der Waals surface area contributed by atoms with E-state index in [1.54, 1.807) is 76.3 Å². The zero-order chi connectivity index (χ0) is 25.4. The number of benzene rings is 3. The number of nitrogens with zero attached hydrogens (tertiary/aromatic N) is 1. The molecule has 0 aliphatic carbocycles. The Morgan fingerprint density at radius 2 is 1.46 bits per heavy atom. The number of carbonyl (C=O) groups excluding carboxylic acids is 3. The van der Waals surface area contributed by atoms with Gasteiger partial charge in [-0.2, -0.15) is 0 Å². The highest BCUT2D eigenvalue weighted by Gasteiger charge is 2.17. The van der Waals surface area contributed by atoms with Gasteiger partial charge >= 0.3 is 12.2 Å². The second kappa shape index (κ2) is 11.2. The summed E-state index contributed by atoms with van der Waals surface area (Å²) in [5.74, 6) is -0.252. The number of nitrogens with one attached hydrogen (secondary N) is 2. The predicted octanol–water partition coefficient (Wildman–Crippen LogP) is 6.06. The average Bonchev–Trinajstić information content (AvgIpc) is 2.82. The SMILES string of the molecule is CN(C(=O)c1ccc(NC(=O)OC(C)(C)C)cc1)c1cccc(NC(=O)OCc2ccccc2)c1. The Morgan fingerprint density at radius 1 is 0.800 bits per heavy atom. The highest BCUT2D eigenvalue weighted by Crippen LogP contribution is 2.21. The van der Waals surface area contributed by atoms with E-state index < -0.39 is 17.8 Å². The Morgan fingerprint density at radius 3 is 2.11 bits per heavy atom. The second-order valence-electron chi connectivity index (χ2n) is 8.81. The maximum atomic E-state index is 13.0. The van der Waals surface area contributed by atoms with Crippen LogP contribution in [0.5, 0.6) is 0 Å². The molecule has 3 amide bonds. The molecule has 0 atom stereocenters. The van der Waals surface area contributed by atoms with Gasteiger partial charge in [-0.3, -0.25) is 15.4 Å². The Hall–Kier alpha value is -4.33. The molecule has 3 rings (SSSR count). The first-order valence-corrected chi connectivity index (χ1v) is 11.1. The molecular weight excluding hydrogens is 446 g/mol. The molecule has 0 bridgehead atoms. The molecule has 0 fully saturated rings. The Bertz CT molecular complexity index is 1170. The van der Waals surface area contributed by atoms with Gasteiger partial charge in [-0.25, -0.2) is 9.59 Å². The zero-order valence-corrected chi connectivity index (χ0v) is 20.2. The fourth-order valence-electron chi connectivity index (χ4n) is 3.10. The van der Waals surface area contributed by atoms with Gasteiger partial charge in [-0.1, -0.05) is 36.4 Å². The van der Waals surface area contributed by atoms with E-state index in [4.69, 9.17) is 9.47 Å². The Balaban J connectivity index is 1.59. The molecule has 0 aliphatic rings. The fourth-order valence-corrected chi connectivity index (χ4v) is 3.10. The molecule has 0 aromatic heterocycles. The molecule has 182 valence electrons. The van der Waals surface area contributed by atoms with Crippen LogP contribution in [0.2, 0.25) is 0 Å². The van der Waals surface area contributed by atoms with Crippen molar-refractivity contribution in [1.82, 2.24) is 0 Å². The third-order valence-electron chi connectivity index (χ3n) is 4.77. The smallest absolute Gasteiger partial charge is 0.412 e. The molecular formula is C27H29N3O5. The number of carbonyl (C=O) groups is 3. The number of ether oxygens (including phenoxy) is 2. The van der Waals surface area contributed by atoms with Crippen LogP contribution >= 0.6 is 0 Å². The normalized spacial score (nSPS) is 10.7. The predicted molar refractivity (Wildman–Crippen MR) is 136 cm³/mol. The highest BCUT2D eigenvalue weighted by molar-refractivity contribution is 6.06. The number of hydrogen-bond donors (Lipinski definition) is 2. The van der Waals surface area contributed by atoms with Crippen molar-refractivity contribution in [3.63, 3.8) is 0 Å². The van der Waals surface area contributed by atoms with E-state index in [0.717, 1.165) is 5.56 Å². The van der Waals surface area contributed by atoms with E-state index >= 15 is 0 Å². The summed E-state index contributed by atoms with van der Waals surface area (Å²) < 4.78 is 10.5. The maximum absolute atomic E-state index is 13.0. The number of anilines is 3. The minimum Gasteiger partial charge on any atom is -0.444 e. The van der Waals surface area contributed by atoms with E-state index in [9.17, 15) is 14.4 Å². The lowest BCUT2D eigenvalue weighted by atomic mass is 10.1. The maximum Gasteiger partial charge on any atom is 0.412 e. The summed E-state index contributed by atoms with van der Waals surface area (Å²) in [4.78, 5) is 38.5. The van der Waals surface area contributed by atoms with Gasteiger partial charge in [0.05, 0.1) is 0 Å². The standard InChI is InChI=1S/C27H29N3O5/c1-27(2,3)35-26(33)28-21-15-13-20(14-16-21)24(31)30(4)23-12-8-11-22(17-23)29-25(32)34-18-19-9-6-5-7-10-19/h5-17H,18H2,1-4H3,(H,28,33)(H,29,32). The summed E-state index contributed by atoms with van der Waals surface area (Å²) in [7, 11) is 1.64. The van der Waals surface area contributed by atoms with Crippen molar-refractivity contribution in [2.45, 2.75) is 33.0 Å². The largest absolute Gasteiger partial charge is 0.444 e. The van der Waals surface area contributed by atoms with Gasteiger partial charge in [-0.15, -0.1) is 0 Å². The summed E-state index contributed by atoms with van der Waals surface area (Å²) in [6.45, 7) is 5.50. The van der Waals surface area contributed by atoms with Crippen molar-refractivity contribution >= 4 is 35.2 Å². The van der Waals surface area contributed by atoms with Crippen molar-refractivity contribution in [1.29, 1.82) is 0 Å². The monoisotopic (exact) mass is 475 g/mol. The Kier molecular flexibility index (Phi) is 8.09. The van der Waals surface area contributed by atoms with E-state index in [-0.39, 0.29) is 12.5 Å². The van der Waals surface area contributed by atoms with Gasteiger partial charge < -0.3 is 14.4 Å². The van der Waals surface area contributed by atoms with Crippen LogP contribution in [-0.2, 0) is 16.1 Å². The molecule has 0 spiro atoms. The fraction of sp³-hybridized carbons (Fsp3) is 0.222. The first-order valence-electron chi connectivity index (χ1n) is 11.1. The van der Waals surface area contributed by atoms with Crippen molar-refractivity contribution in [2.75, 3.05) is 22.6 Å².